The van der Waals surface area contributed by atoms with E-state index >= 15 is 0 Å². The summed E-state index contributed by atoms with van der Waals surface area (Å²) in [6.07, 6.45) is 4.06. The van der Waals surface area contributed by atoms with Crippen molar-refractivity contribution in [3.8, 4) is 11.5 Å². The van der Waals surface area contributed by atoms with Crippen LogP contribution in [0, 0.1) is 6.92 Å². The van der Waals surface area contributed by atoms with Crippen LogP contribution in [-0.4, -0.2) is 20.1 Å². The predicted octanol–water partition coefficient (Wildman–Crippen LogP) is 1.65. The summed E-state index contributed by atoms with van der Waals surface area (Å²) < 4.78 is 5.14. The summed E-state index contributed by atoms with van der Waals surface area (Å²) in [5, 5.41) is 3.90. The van der Waals surface area contributed by atoms with Gasteiger partial charge in [-0.2, -0.15) is 4.98 Å². The fourth-order valence-corrected chi connectivity index (χ4v) is 1.38. The van der Waals surface area contributed by atoms with Crippen molar-refractivity contribution < 1.29 is 4.52 Å². The minimum absolute atomic E-state index is 0.500. The third-order valence-corrected chi connectivity index (χ3v) is 2.31. The molecule has 0 bridgehead atoms. The Morgan fingerprint density at radius 1 is 1.50 bits per heavy atom. The monoisotopic (exact) mass is 190 g/mol. The lowest BCUT2D eigenvalue weighted by molar-refractivity contribution is 0.380. The molecule has 0 amide bonds. The molecule has 0 spiro atoms. The maximum Gasteiger partial charge on any atom is 0.230 e. The van der Waals surface area contributed by atoms with E-state index in [1.165, 1.54) is 12.8 Å². The smallest absolute Gasteiger partial charge is 0.230 e. The van der Waals surface area contributed by atoms with Gasteiger partial charge in [-0.3, -0.25) is 0 Å². The second-order valence-electron chi connectivity index (χ2n) is 3.61. The van der Waals surface area contributed by atoms with Gasteiger partial charge in [0.1, 0.15) is 11.5 Å². The van der Waals surface area contributed by atoms with Gasteiger partial charge in [0.25, 0.3) is 0 Å². The molecule has 5 nitrogen and oxygen atoms in total. The van der Waals surface area contributed by atoms with E-state index < -0.39 is 0 Å². The van der Waals surface area contributed by atoms with Crippen LogP contribution in [0.2, 0.25) is 0 Å². The topological polar surface area (TPSA) is 67.6 Å². The van der Waals surface area contributed by atoms with Crippen LogP contribution in [-0.2, 0) is 0 Å². The van der Waals surface area contributed by atoms with E-state index in [2.05, 4.69) is 20.1 Å². The largest absolute Gasteiger partial charge is 0.340 e. The van der Waals surface area contributed by atoms with Gasteiger partial charge in [-0.25, -0.2) is 4.98 Å². The normalized spacial score (nSPS) is 16.1. The molecule has 1 N–H and O–H groups in total. The molecule has 2 heterocycles. The van der Waals surface area contributed by atoms with Crippen molar-refractivity contribution in [2.24, 2.45) is 0 Å². The second-order valence-corrected chi connectivity index (χ2v) is 3.61. The van der Waals surface area contributed by atoms with Crippen molar-refractivity contribution in [1.82, 2.24) is 20.1 Å². The lowest BCUT2D eigenvalue weighted by Crippen LogP contribution is -1.82. The molecule has 3 rings (SSSR count). The van der Waals surface area contributed by atoms with E-state index in [0.717, 1.165) is 17.4 Å². The van der Waals surface area contributed by atoms with Crippen molar-refractivity contribution in [1.29, 1.82) is 0 Å². The summed E-state index contributed by atoms with van der Waals surface area (Å²) in [7, 11) is 0. The first-order valence-corrected chi connectivity index (χ1v) is 4.68. The van der Waals surface area contributed by atoms with Crippen LogP contribution in [0.3, 0.4) is 0 Å². The number of aryl methyl sites for hydroxylation is 1. The van der Waals surface area contributed by atoms with Crippen LogP contribution in [0.25, 0.3) is 11.5 Å². The van der Waals surface area contributed by atoms with Gasteiger partial charge in [-0.1, -0.05) is 5.16 Å². The molecule has 2 aromatic rings. The van der Waals surface area contributed by atoms with E-state index in [1.807, 2.05) is 6.92 Å². The second kappa shape index (κ2) is 2.67. The molecular weight excluding hydrogens is 180 g/mol. The Bertz CT molecular complexity index is 455. The third kappa shape index (κ3) is 1.21. The van der Waals surface area contributed by atoms with Crippen LogP contribution in [0.5, 0.6) is 0 Å². The van der Waals surface area contributed by atoms with Gasteiger partial charge in [0, 0.05) is 5.92 Å². The zero-order chi connectivity index (χ0) is 9.54. The Morgan fingerprint density at radius 2 is 2.36 bits per heavy atom. The molecule has 1 aliphatic rings. The van der Waals surface area contributed by atoms with Crippen LogP contribution < -0.4 is 0 Å². The first-order chi connectivity index (χ1) is 6.83. The lowest BCUT2D eigenvalue weighted by Gasteiger charge is -1.84. The van der Waals surface area contributed by atoms with Crippen molar-refractivity contribution in [3.05, 3.63) is 17.9 Å². The molecule has 0 atom stereocenters. The fraction of sp³-hybridized carbons (Fsp3) is 0.444. The minimum atomic E-state index is 0.500. The van der Waals surface area contributed by atoms with Gasteiger partial charge < -0.3 is 9.51 Å². The van der Waals surface area contributed by atoms with E-state index in [0.29, 0.717) is 11.7 Å². The SMILES string of the molecule is Cc1ncc(-c2noc(C3CC3)n2)[nH]1. The molecule has 0 aromatic carbocycles. The van der Waals surface area contributed by atoms with Gasteiger partial charge in [0.2, 0.25) is 11.7 Å². The summed E-state index contributed by atoms with van der Waals surface area (Å²) in [6, 6.07) is 0. The molecule has 72 valence electrons. The molecule has 0 radical (unpaired) electrons. The van der Waals surface area contributed by atoms with Gasteiger partial charge in [-0.15, -0.1) is 0 Å². The zero-order valence-corrected chi connectivity index (χ0v) is 7.82. The predicted molar refractivity (Wildman–Crippen MR) is 48.6 cm³/mol. The third-order valence-electron chi connectivity index (χ3n) is 2.31. The molecule has 0 aliphatic heterocycles. The van der Waals surface area contributed by atoms with E-state index in [9.17, 15) is 0 Å². The summed E-state index contributed by atoms with van der Waals surface area (Å²) in [5.74, 6) is 2.72. The van der Waals surface area contributed by atoms with Crippen molar-refractivity contribution >= 4 is 0 Å². The summed E-state index contributed by atoms with van der Waals surface area (Å²) >= 11 is 0. The van der Waals surface area contributed by atoms with Gasteiger partial charge in [-0.05, 0) is 19.8 Å². The number of nitrogens with zero attached hydrogens (tertiary/aromatic N) is 3. The van der Waals surface area contributed by atoms with E-state index in [4.69, 9.17) is 4.52 Å². The van der Waals surface area contributed by atoms with E-state index in [-0.39, 0.29) is 0 Å². The number of hydrogen-bond donors (Lipinski definition) is 1. The highest BCUT2D eigenvalue weighted by atomic mass is 16.5. The summed E-state index contributed by atoms with van der Waals surface area (Å²) in [4.78, 5) is 11.5. The van der Waals surface area contributed by atoms with Crippen LogP contribution >= 0.6 is 0 Å². The highest BCUT2D eigenvalue weighted by Gasteiger charge is 2.29. The molecule has 0 saturated heterocycles. The Hall–Kier alpha value is -1.65. The van der Waals surface area contributed by atoms with Crippen LogP contribution in [0.1, 0.15) is 30.5 Å². The highest BCUT2D eigenvalue weighted by molar-refractivity contribution is 5.46. The molecule has 5 heteroatoms. The number of imidazole rings is 1. The number of rotatable bonds is 2. The average Bonchev–Trinajstić information content (AvgIpc) is 2.76. The van der Waals surface area contributed by atoms with E-state index in [1.54, 1.807) is 6.20 Å². The van der Waals surface area contributed by atoms with Gasteiger partial charge in [0.05, 0.1) is 6.20 Å². The number of aromatic nitrogens is 4. The number of nitrogens with one attached hydrogen (secondary N) is 1. The number of H-pyrrole nitrogens is 1. The zero-order valence-electron chi connectivity index (χ0n) is 7.82. The molecule has 1 saturated carbocycles. The quantitative estimate of drug-likeness (QED) is 0.781. The fourth-order valence-electron chi connectivity index (χ4n) is 1.38. The van der Waals surface area contributed by atoms with Crippen molar-refractivity contribution in [2.75, 3.05) is 0 Å². The Balaban J connectivity index is 1.95. The standard InChI is InChI=1S/C9H10N4O/c1-5-10-4-7(11-5)8-12-9(14-13-8)6-2-3-6/h4,6H,2-3H2,1H3,(H,10,11). The molecule has 14 heavy (non-hydrogen) atoms. The Kier molecular flexibility index (Phi) is 1.47. The number of hydrogen-bond acceptors (Lipinski definition) is 4. The summed E-state index contributed by atoms with van der Waals surface area (Å²) in [5.41, 5.74) is 0.818. The maximum absolute atomic E-state index is 5.14. The van der Waals surface area contributed by atoms with Crippen LogP contribution in [0.4, 0.5) is 0 Å². The molecule has 1 fully saturated rings. The Labute approximate surface area is 80.6 Å². The molecule has 1 aliphatic carbocycles. The van der Waals surface area contributed by atoms with Gasteiger partial charge >= 0.3 is 0 Å². The molecular formula is C9H10N4O. The van der Waals surface area contributed by atoms with Crippen molar-refractivity contribution in [3.63, 3.8) is 0 Å². The highest BCUT2D eigenvalue weighted by Crippen LogP contribution is 2.39. The molecule has 0 unspecified atom stereocenters. The maximum atomic E-state index is 5.14. The average molecular weight is 190 g/mol. The summed E-state index contributed by atoms with van der Waals surface area (Å²) in [6.45, 7) is 1.89. The minimum Gasteiger partial charge on any atom is -0.340 e. The van der Waals surface area contributed by atoms with Crippen LogP contribution in [0.15, 0.2) is 10.7 Å². The van der Waals surface area contributed by atoms with Crippen molar-refractivity contribution in [2.45, 2.75) is 25.7 Å². The first kappa shape index (κ1) is 7.73. The lowest BCUT2D eigenvalue weighted by atomic mass is 10.4. The number of aromatic amines is 1. The molecule has 2 aromatic heterocycles. The van der Waals surface area contributed by atoms with Gasteiger partial charge in [0.15, 0.2) is 0 Å². The Morgan fingerprint density at radius 3 is 3.00 bits per heavy atom. The first-order valence-electron chi connectivity index (χ1n) is 4.68.